The van der Waals surface area contributed by atoms with Crippen LogP contribution in [0.1, 0.15) is 6.42 Å². The number of rotatable bonds is 4. The van der Waals surface area contributed by atoms with E-state index in [1.165, 1.54) is 5.57 Å². The first-order valence-electron chi connectivity index (χ1n) is 19.7. The first-order chi connectivity index (χ1) is 28.7. The molecule has 6 nitrogen and oxygen atoms in total. The number of para-hydroxylation sites is 2. The van der Waals surface area contributed by atoms with E-state index in [1.807, 2.05) is 84.9 Å². The van der Waals surface area contributed by atoms with Crippen LogP contribution in [0.25, 0.3) is 10.8 Å². The molecule has 0 spiro atoms. The zero-order valence-electron chi connectivity index (χ0n) is 31.0. The van der Waals surface area contributed by atoms with Crippen LogP contribution in [0.15, 0.2) is 181 Å². The lowest BCUT2D eigenvalue weighted by Gasteiger charge is -2.38. The molecule has 4 aliphatic heterocycles. The van der Waals surface area contributed by atoms with Crippen molar-refractivity contribution >= 4 is 51.5 Å². The fourth-order valence-corrected chi connectivity index (χ4v) is 9.51. The zero-order chi connectivity index (χ0) is 37.9. The van der Waals surface area contributed by atoms with Gasteiger partial charge in [-0.25, -0.2) is 0 Å². The summed E-state index contributed by atoms with van der Waals surface area (Å²) in [6.07, 6.45) is 11.8. The summed E-state index contributed by atoms with van der Waals surface area (Å²) in [5.41, 5.74) is 7.61. The maximum absolute atomic E-state index is 6.92. The molecule has 0 saturated heterocycles. The monoisotopic (exact) mass is 748 g/mol. The van der Waals surface area contributed by atoms with Gasteiger partial charge in [0.1, 0.15) is 69.0 Å². The van der Waals surface area contributed by atoms with Crippen LogP contribution in [-0.4, -0.2) is 13.4 Å². The average molecular weight is 748 g/mol. The second-order valence-corrected chi connectivity index (χ2v) is 15.5. The summed E-state index contributed by atoms with van der Waals surface area (Å²) in [7, 11) is 0. The van der Waals surface area contributed by atoms with E-state index < -0.39 is 0 Å². The van der Waals surface area contributed by atoms with Gasteiger partial charge >= 0.3 is 0 Å². The van der Waals surface area contributed by atoms with Gasteiger partial charge in [-0.05, 0) is 68.5 Å². The number of benzene rings is 7. The Morgan fingerprint density at radius 1 is 0.466 bits per heavy atom. The SMILES string of the molecule is C1=CC2=CC3=C(CC2C=C1)Oc1cc(Oc2ccccc2)cc2c1B3c1cc3c(cc1O2)Oc1cc(Oc2ccccc2)cc2c1B3c1cc3ccccc3cc1O2. The molecule has 0 fully saturated rings. The Morgan fingerprint density at radius 3 is 1.66 bits per heavy atom. The summed E-state index contributed by atoms with van der Waals surface area (Å²) >= 11 is 0. The summed E-state index contributed by atoms with van der Waals surface area (Å²) in [5, 5.41) is 2.27. The number of ether oxygens (including phenoxy) is 6. The van der Waals surface area contributed by atoms with E-state index in [4.69, 9.17) is 28.4 Å². The van der Waals surface area contributed by atoms with Gasteiger partial charge in [-0.3, -0.25) is 0 Å². The highest BCUT2D eigenvalue weighted by Crippen LogP contribution is 2.46. The third-order valence-corrected chi connectivity index (χ3v) is 12.1. The van der Waals surface area contributed by atoms with Crippen LogP contribution in [0.4, 0.5) is 0 Å². The van der Waals surface area contributed by atoms with Crippen molar-refractivity contribution in [2.45, 2.75) is 6.42 Å². The molecule has 272 valence electrons. The van der Waals surface area contributed by atoms with Gasteiger partial charge in [0.2, 0.25) is 0 Å². The van der Waals surface area contributed by atoms with E-state index in [0.717, 1.165) is 90.2 Å². The molecule has 1 unspecified atom stereocenters. The predicted molar refractivity (Wildman–Crippen MR) is 228 cm³/mol. The van der Waals surface area contributed by atoms with Crippen LogP contribution in [0.3, 0.4) is 0 Å². The molecular weight excluding hydrogens is 718 g/mol. The molecule has 0 aromatic heterocycles. The van der Waals surface area contributed by atoms with Crippen molar-refractivity contribution in [1.29, 1.82) is 0 Å². The minimum atomic E-state index is -0.172. The molecule has 0 saturated carbocycles. The van der Waals surface area contributed by atoms with Crippen LogP contribution in [0, 0.1) is 5.92 Å². The molecule has 6 aliphatic rings. The minimum Gasteiger partial charge on any atom is -0.462 e. The van der Waals surface area contributed by atoms with Crippen molar-refractivity contribution in [3.63, 3.8) is 0 Å². The topological polar surface area (TPSA) is 55.4 Å². The Bertz CT molecular complexity index is 3060. The van der Waals surface area contributed by atoms with Gasteiger partial charge in [-0.1, -0.05) is 103 Å². The number of hydrogen-bond acceptors (Lipinski definition) is 6. The van der Waals surface area contributed by atoms with E-state index in [2.05, 4.69) is 78.9 Å². The Hall–Kier alpha value is -7.31. The van der Waals surface area contributed by atoms with Gasteiger partial charge in [0, 0.05) is 53.6 Å². The van der Waals surface area contributed by atoms with Crippen LogP contribution < -0.4 is 55.7 Å². The highest BCUT2D eigenvalue weighted by atomic mass is 16.5. The van der Waals surface area contributed by atoms with Gasteiger partial charge in [-0.2, -0.15) is 0 Å². The van der Waals surface area contributed by atoms with Crippen molar-refractivity contribution in [2.75, 3.05) is 0 Å². The zero-order valence-corrected chi connectivity index (χ0v) is 31.0. The smallest absolute Gasteiger partial charge is 0.260 e. The molecule has 8 heteroatoms. The quantitative estimate of drug-likeness (QED) is 0.168. The molecule has 7 aromatic rings. The van der Waals surface area contributed by atoms with Gasteiger partial charge < -0.3 is 28.4 Å². The Kier molecular flexibility index (Phi) is 6.64. The summed E-state index contributed by atoms with van der Waals surface area (Å²) in [5.74, 6) is 9.10. The van der Waals surface area contributed by atoms with E-state index >= 15 is 0 Å². The lowest BCUT2D eigenvalue weighted by molar-refractivity contribution is 0.378. The summed E-state index contributed by atoms with van der Waals surface area (Å²) < 4.78 is 40.3. The molecular formula is C50H30B2O6. The van der Waals surface area contributed by atoms with E-state index in [1.54, 1.807) is 0 Å². The molecule has 1 atom stereocenters. The van der Waals surface area contributed by atoms with E-state index in [9.17, 15) is 0 Å². The summed E-state index contributed by atoms with van der Waals surface area (Å²) in [6, 6.07) is 44.7. The van der Waals surface area contributed by atoms with Gasteiger partial charge in [0.25, 0.3) is 13.4 Å². The standard InChI is InChI=1S/C50H30B2O6/c1-3-15-33(16-4-1)53-35-23-45-49-47(25-35)57-43-28-44-40(27-39(43)51(49)37-19-29-11-7-9-13-31(29)21-41(37)55-45)52-38-20-30-12-8-10-14-32(30)22-42(38)56-46-24-36(26-48(58-44)50(46)52)54-34-17-5-2-6-18-34/h1-21,23-28,32H,22H2. The first-order valence-corrected chi connectivity index (χ1v) is 19.7. The van der Waals surface area contributed by atoms with Crippen molar-refractivity contribution < 1.29 is 28.4 Å². The average Bonchev–Trinajstić information content (AvgIpc) is 3.25. The minimum absolute atomic E-state index is 0.139. The second-order valence-electron chi connectivity index (χ2n) is 15.5. The van der Waals surface area contributed by atoms with E-state index in [-0.39, 0.29) is 19.3 Å². The van der Waals surface area contributed by atoms with Crippen LogP contribution >= 0.6 is 0 Å². The first kappa shape index (κ1) is 31.8. The Balaban J connectivity index is 1.01. The second kappa shape index (κ2) is 12.1. The van der Waals surface area contributed by atoms with E-state index in [0.29, 0.717) is 28.7 Å². The lowest BCUT2D eigenvalue weighted by atomic mass is 9.31. The van der Waals surface area contributed by atoms with Crippen LogP contribution in [-0.2, 0) is 0 Å². The predicted octanol–water partition coefficient (Wildman–Crippen LogP) is 9.12. The molecule has 13 rings (SSSR count). The summed E-state index contributed by atoms with van der Waals surface area (Å²) in [4.78, 5) is 0. The number of hydrogen-bond donors (Lipinski definition) is 0. The highest BCUT2D eigenvalue weighted by molar-refractivity contribution is 6.99. The molecule has 58 heavy (non-hydrogen) atoms. The fraction of sp³-hybridized carbons (Fsp3) is 0.0400. The molecule has 0 amide bonds. The third kappa shape index (κ3) is 4.88. The summed E-state index contributed by atoms with van der Waals surface area (Å²) in [6.45, 7) is -0.311. The van der Waals surface area contributed by atoms with Crippen molar-refractivity contribution in [2.24, 2.45) is 5.92 Å². The lowest BCUT2D eigenvalue weighted by Crippen LogP contribution is -2.59. The molecule has 4 heterocycles. The van der Waals surface area contributed by atoms with Crippen molar-refractivity contribution in [3.8, 4) is 63.2 Å². The molecule has 2 aliphatic carbocycles. The normalized spacial score (nSPS) is 16.8. The highest BCUT2D eigenvalue weighted by Gasteiger charge is 2.47. The molecule has 0 radical (unpaired) electrons. The van der Waals surface area contributed by atoms with Gasteiger partial charge in [0.15, 0.2) is 0 Å². The Labute approximate surface area is 335 Å². The largest absolute Gasteiger partial charge is 0.462 e. The van der Waals surface area contributed by atoms with Gasteiger partial charge in [0.05, 0.1) is 0 Å². The van der Waals surface area contributed by atoms with Crippen molar-refractivity contribution in [3.05, 3.63) is 181 Å². The molecule has 0 N–H and O–H groups in total. The van der Waals surface area contributed by atoms with Crippen molar-refractivity contribution in [1.82, 2.24) is 0 Å². The maximum Gasteiger partial charge on any atom is 0.260 e. The third-order valence-electron chi connectivity index (χ3n) is 12.1. The number of fused-ring (bicyclic) bond motifs is 9. The van der Waals surface area contributed by atoms with Crippen LogP contribution in [0.5, 0.6) is 63.2 Å². The molecule has 7 aromatic carbocycles. The fourth-order valence-electron chi connectivity index (χ4n) is 9.51. The van der Waals surface area contributed by atoms with Gasteiger partial charge in [-0.15, -0.1) is 0 Å². The Morgan fingerprint density at radius 2 is 1.00 bits per heavy atom. The molecule has 0 bridgehead atoms. The number of allylic oxidation sites excluding steroid dienone is 8. The maximum atomic E-state index is 6.92. The van der Waals surface area contributed by atoms with Crippen LogP contribution in [0.2, 0.25) is 0 Å².